The van der Waals surface area contributed by atoms with E-state index in [-0.39, 0.29) is 6.61 Å². The number of ether oxygens (including phenoxy) is 1. The first-order chi connectivity index (χ1) is 7.61. The molecule has 4 heteroatoms. The minimum absolute atomic E-state index is 0.0110. The molecule has 16 heavy (non-hydrogen) atoms. The SMILES string of the molecule is C[C@]1(CO)COC(Cc2ccc(Cl)cc2)=N1. The van der Waals surface area contributed by atoms with E-state index in [2.05, 4.69) is 4.99 Å². The van der Waals surface area contributed by atoms with Gasteiger partial charge in [-0.2, -0.15) is 0 Å². The van der Waals surface area contributed by atoms with Gasteiger partial charge >= 0.3 is 0 Å². The van der Waals surface area contributed by atoms with Crippen LogP contribution in [-0.2, 0) is 11.2 Å². The first kappa shape index (κ1) is 11.4. The van der Waals surface area contributed by atoms with Gasteiger partial charge in [-0.3, -0.25) is 0 Å². The maximum absolute atomic E-state index is 9.14. The van der Waals surface area contributed by atoms with E-state index in [0.717, 1.165) is 10.6 Å². The highest BCUT2D eigenvalue weighted by Crippen LogP contribution is 2.19. The Morgan fingerprint density at radius 3 is 2.69 bits per heavy atom. The second-order valence-corrected chi connectivity index (χ2v) is 4.69. The zero-order chi connectivity index (χ0) is 11.6. The molecule has 1 N–H and O–H groups in total. The molecular formula is C12H14ClNO2. The van der Waals surface area contributed by atoms with Crippen molar-refractivity contribution >= 4 is 17.5 Å². The summed E-state index contributed by atoms with van der Waals surface area (Å²) in [5.41, 5.74) is 0.632. The molecule has 1 aliphatic rings. The lowest BCUT2D eigenvalue weighted by Crippen LogP contribution is -2.28. The summed E-state index contributed by atoms with van der Waals surface area (Å²) in [6.45, 7) is 2.34. The van der Waals surface area contributed by atoms with Crippen LogP contribution in [0.3, 0.4) is 0 Å². The molecule has 0 fully saturated rings. The quantitative estimate of drug-likeness (QED) is 0.877. The summed E-state index contributed by atoms with van der Waals surface area (Å²) in [5, 5.41) is 9.86. The average molecular weight is 240 g/mol. The summed E-state index contributed by atoms with van der Waals surface area (Å²) >= 11 is 5.80. The molecule has 1 aromatic carbocycles. The molecule has 3 nitrogen and oxygen atoms in total. The zero-order valence-electron chi connectivity index (χ0n) is 9.11. The number of aliphatic hydroxyl groups excluding tert-OH is 1. The fourth-order valence-electron chi connectivity index (χ4n) is 1.55. The monoisotopic (exact) mass is 239 g/mol. The van der Waals surface area contributed by atoms with Gasteiger partial charge in [0.2, 0.25) is 0 Å². The standard InChI is InChI=1S/C12H14ClNO2/c1-12(7-15)8-16-11(14-12)6-9-2-4-10(13)5-3-9/h2-5,15H,6-8H2,1H3/t12-/m0/s1. The Kier molecular flexibility index (Phi) is 3.17. The first-order valence-corrected chi connectivity index (χ1v) is 5.56. The highest BCUT2D eigenvalue weighted by molar-refractivity contribution is 6.30. The molecule has 1 aromatic rings. The number of halogens is 1. The maximum atomic E-state index is 9.14. The van der Waals surface area contributed by atoms with Gasteiger partial charge in [-0.05, 0) is 24.6 Å². The number of hydrogen-bond acceptors (Lipinski definition) is 3. The van der Waals surface area contributed by atoms with E-state index in [9.17, 15) is 0 Å². The van der Waals surface area contributed by atoms with E-state index < -0.39 is 5.54 Å². The molecule has 0 amide bonds. The Morgan fingerprint density at radius 2 is 2.12 bits per heavy atom. The Morgan fingerprint density at radius 1 is 1.44 bits per heavy atom. The van der Waals surface area contributed by atoms with E-state index >= 15 is 0 Å². The highest BCUT2D eigenvalue weighted by Gasteiger charge is 2.30. The Labute approximate surface area is 99.7 Å². The number of hydrogen-bond donors (Lipinski definition) is 1. The predicted molar refractivity (Wildman–Crippen MR) is 64.0 cm³/mol. The number of aliphatic imine (C=N–C) groups is 1. The van der Waals surface area contributed by atoms with Crippen LogP contribution in [0.5, 0.6) is 0 Å². The molecule has 0 aromatic heterocycles. The van der Waals surface area contributed by atoms with Crippen LogP contribution in [0.4, 0.5) is 0 Å². The van der Waals surface area contributed by atoms with E-state index in [0.29, 0.717) is 18.9 Å². The van der Waals surface area contributed by atoms with Crippen molar-refractivity contribution < 1.29 is 9.84 Å². The van der Waals surface area contributed by atoms with Gasteiger partial charge in [-0.1, -0.05) is 23.7 Å². The number of benzene rings is 1. The van der Waals surface area contributed by atoms with Gasteiger partial charge in [-0.15, -0.1) is 0 Å². The molecule has 1 aliphatic heterocycles. The normalized spacial score (nSPS) is 24.1. The fourth-order valence-corrected chi connectivity index (χ4v) is 1.68. The van der Waals surface area contributed by atoms with Crippen LogP contribution in [0.15, 0.2) is 29.3 Å². The van der Waals surface area contributed by atoms with Crippen LogP contribution in [0.2, 0.25) is 5.02 Å². The second kappa shape index (κ2) is 4.44. The van der Waals surface area contributed by atoms with Crippen molar-refractivity contribution in [2.75, 3.05) is 13.2 Å². The smallest absolute Gasteiger partial charge is 0.188 e. The van der Waals surface area contributed by atoms with Crippen LogP contribution >= 0.6 is 11.6 Å². The fraction of sp³-hybridized carbons (Fsp3) is 0.417. The lowest BCUT2D eigenvalue weighted by Gasteiger charge is -2.12. The topological polar surface area (TPSA) is 41.8 Å². The summed E-state index contributed by atoms with van der Waals surface area (Å²) in [4.78, 5) is 4.37. The van der Waals surface area contributed by atoms with Gasteiger partial charge in [0.05, 0.1) is 6.61 Å². The molecule has 2 rings (SSSR count). The van der Waals surface area contributed by atoms with Crippen molar-refractivity contribution in [1.29, 1.82) is 0 Å². The molecule has 1 atom stereocenters. The summed E-state index contributed by atoms with van der Waals surface area (Å²) in [6.07, 6.45) is 0.646. The Balaban J connectivity index is 2.06. The Bertz CT molecular complexity index is 402. The summed E-state index contributed by atoms with van der Waals surface area (Å²) in [5.74, 6) is 0.680. The van der Waals surface area contributed by atoms with Gasteiger partial charge in [0.25, 0.3) is 0 Å². The van der Waals surface area contributed by atoms with Crippen molar-refractivity contribution in [1.82, 2.24) is 0 Å². The second-order valence-electron chi connectivity index (χ2n) is 4.25. The predicted octanol–water partition coefficient (Wildman–Crippen LogP) is 2.06. The van der Waals surface area contributed by atoms with Crippen LogP contribution in [0, 0.1) is 0 Å². The third-order valence-corrected chi connectivity index (χ3v) is 2.81. The molecule has 0 saturated carbocycles. The van der Waals surface area contributed by atoms with Crippen LogP contribution in [-0.4, -0.2) is 29.8 Å². The van der Waals surface area contributed by atoms with Crippen molar-refractivity contribution in [3.05, 3.63) is 34.9 Å². The number of nitrogens with zero attached hydrogens (tertiary/aromatic N) is 1. The van der Waals surface area contributed by atoms with Crippen molar-refractivity contribution in [2.45, 2.75) is 18.9 Å². The molecule has 86 valence electrons. The van der Waals surface area contributed by atoms with Gasteiger partial charge in [0.15, 0.2) is 5.90 Å². The summed E-state index contributed by atoms with van der Waals surface area (Å²) < 4.78 is 5.45. The van der Waals surface area contributed by atoms with Gasteiger partial charge in [-0.25, -0.2) is 4.99 Å². The highest BCUT2D eigenvalue weighted by atomic mass is 35.5. The third kappa shape index (κ3) is 2.54. The van der Waals surface area contributed by atoms with Crippen LogP contribution < -0.4 is 0 Å². The van der Waals surface area contributed by atoms with Crippen LogP contribution in [0.1, 0.15) is 12.5 Å². The average Bonchev–Trinajstić information content (AvgIpc) is 2.65. The van der Waals surface area contributed by atoms with E-state index in [4.69, 9.17) is 21.4 Å². The van der Waals surface area contributed by atoms with E-state index in [1.807, 2.05) is 31.2 Å². The lowest BCUT2D eigenvalue weighted by atomic mass is 10.1. The molecule has 1 heterocycles. The Hall–Kier alpha value is -1.06. The van der Waals surface area contributed by atoms with E-state index in [1.165, 1.54) is 0 Å². The molecule has 0 radical (unpaired) electrons. The van der Waals surface area contributed by atoms with Gasteiger partial charge in [0, 0.05) is 11.4 Å². The largest absolute Gasteiger partial charge is 0.478 e. The minimum atomic E-state index is -0.470. The van der Waals surface area contributed by atoms with Crippen LogP contribution in [0.25, 0.3) is 0 Å². The minimum Gasteiger partial charge on any atom is -0.478 e. The molecule has 0 bridgehead atoms. The molecule has 0 unspecified atom stereocenters. The third-order valence-electron chi connectivity index (χ3n) is 2.55. The van der Waals surface area contributed by atoms with Crippen molar-refractivity contribution in [3.63, 3.8) is 0 Å². The molecule has 0 aliphatic carbocycles. The number of aliphatic hydroxyl groups is 1. The summed E-state index contributed by atoms with van der Waals surface area (Å²) in [6, 6.07) is 7.58. The van der Waals surface area contributed by atoms with Gasteiger partial charge in [0.1, 0.15) is 12.1 Å². The molecule has 0 spiro atoms. The molecule has 0 saturated heterocycles. The summed E-state index contributed by atoms with van der Waals surface area (Å²) in [7, 11) is 0. The van der Waals surface area contributed by atoms with Gasteiger partial charge < -0.3 is 9.84 Å². The van der Waals surface area contributed by atoms with Crippen molar-refractivity contribution in [3.8, 4) is 0 Å². The lowest BCUT2D eigenvalue weighted by molar-refractivity contribution is 0.169. The number of rotatable bonds is 3. The van der Waals surface area contributed by atoms with E-state index in [1.54, 1.807) is 0 Å². The maximum Gasteiger partial charge on any atom is 0.188 e. The van der Waals surface area contributed by atoms with Crippen molar-refractivity contribution in [2.24, 2.45) is 4.99 Å². The molecular weight excluding hydrogens is 226 g/mol. The first-order valence-electron chi connectivity index (χ1n) is 5.18. The zero-order valence-corrected chi connectivity index (χ0v) is 9.87.